The first kappa shape index (κ1) is 6.55. The highest BCUT2D eigenvalue weighted by Crippen LogP contribution is 2.05. The molecular formula is C6H11NO2. The molecule has 0 saturated carbocycles. The molecule has 0 aromatic carbocycles. The number of ether oxygens (including phenoxy) is 1. The Bertz CT molecular complexity index is 104. The molecule has 0 aliphatic carbocycles. The Morgan fingerprint density at radius 2 is 2.56 bits per heavy atom. The second kappa shape index (κ2) is 2.82. The van der Waals surface area contributed by atoms with Crippen molar-refractivity contribution in [2.75, 3.05) is 13.7 Å². The van der Waals surface area contributed by atoms with E-state index in [1.165, 1.54) is 0 Å². The van der Waals surface area contributed by atoms with Gasteiger partial charge in [-0.25, -0.2) is 0 Å². The summed E-state index contributed by atoms with van der Waals surface area (Å²) < 4.78 is 4.78. The van der Waals surface area contributed by atoms with Gasteiger partial charge in [-0.3, -0.25) is 4.79 Å². The van der Waals surface area contributed by atoms with Gasteiger partial charge in [0.15, 0.2) is 0 Å². The molecule has 1 N–H and O–H groups in total. The lowest BCUT2D eigenvalue weighted by Gasteiger charge is -2.20. The van der Waals surface area contributed by atoms with Gasteiger partial charge in [0.05, 0.1) is 0 Å². The predicted molar refractivity (Wildman–Crippen MR) is 33.0 cm³/mol. The van der Waals surface area contributed by atoms with E-state index in [4.69, 9.17) is 4.74 Å². The summed E-state index contributed by atoms with van der Waals surface area (Å²) in [4.78, 5) is 10.5. The fourth-order valence-corrected chi connectivity index (χ4v) is 0.869. The summed E-state index contributed by atoms with van der Waals surface area (Å²) in [5.41, 5.74) is 0. The lowest BCUT2D eigenvalue weighted by molar-refractivity contribution is -0.147. The van der Waals surface area contributed by atoms with E-state index in [1.54, 1.807) is 0 Å². The molecule has 0 amide bonds. The molecule has 1 unspecified atom stereocenters. The monoisotopic (exact) mass is 129 g/mol. The highest BCUT2D eigenvalue weighted by molar-refractivity contribution is 5.70. The molecule has 9 heavy (non-hydrogen) atoms. The van der Waals surface area contributed by atoms with Gasteiger partial charge >= 0.3 is 5.97 Å². The zero-order chi connectivity index (χ0) is 6.69. The molecule has 1 fully saturated rings. The number of likely N-dealkylation sites (N-methyl/N-ethyl adjacent to an activating group) is 1. The van der Waals surface area contributed by atoms with Gasteiger partial charge in [-0.05, 0) is 13.5 Å². The van der Waals surface area contributed by atoms with E-state index in [-0.39, 0.29) is 5.97 Å². The number of hydrogen-bond donors (Lipinski definition) is 1. The van der Waals surface area contributed by atoms with Crippen LogP contribution in [0.5, 0.6) is 0 Å². The van der Waals surface area contributed by atoms with Crippen LogP contribution in [-0.2, 0) is 9.53 Å². The first-order chi connectivity index (χ1) is 4.33. The summed E-state index contributed by atoms with van der Waals surface area (Å²) in [5, 5.41) is 3.05. The summed E-state index contributed by atoms with van der Waals surface area (Å²) in [7, 11) is 1.88. The molecule has 1 saturated heterocycles. The average Bonchev–Trinajstić information content (AvgIpc) is 1.90. The van der Waals surface area contributed by atoms with Crippen LogP contribution in [0.4, 0.5) is 0 Å². The van der Waals surface area contributed by atoms with Crippen LogP contribution in [0.1, 0.15) is 12.8 Å². The number of rotatable bonds is 1. The molecule has 0 bridgehead atoms. The maximum atomic E-state index is 10.5. The van der Waals surface area contributed by atoms with Crippen LogP contribution in [-0.4, -0.2) is 25.7 Å². The van der Waals surface area contributed by atoms with E-state index in [2.05, 4.69) is 5.32 Å². The average molecular weight is 129 g/mol. The molecule has 3 nitrogen and oxygen atoms in total. The Kier molecular flexibility index (Phi) is 2.05. The Hall–Kier alpha value is -0.570. The molecule has 1 atom stereocenters. The predicted octanol–water partition coefficient (Wildman–Crippen LogP) is -0.0886. The van der Waals surface area contributed by atoms with Crippen molar-refractivity contribution in [3.63, 3.8) is 0 Å². The fraction of sp³-hybridized carbons (Fsp3) is 0.833. The van der Waals surface area contributed by atoms with Crippen molar-refractivity contribution >= 4 is 5.97 Å². The van der Waals surface area contributed by atoms with Crippen LogP contribution in [0, 0.1) is 0 Å². The van der Waals surface area contributed by atoms with E-state index in [1.807, 2.05) is 7.05 Å². The standard InChI is InChI=1S/C6H11NO2/c1-7-5-2-3-6(8)9-4-5/h5,7H,2-4H2,1H3. The van der Waals surface area contributed by atoms with E-state index >= 15 is 0 Å². The minimum atomic E-state index is -0.0681. The van der Waals surface area contributed by atoms with Crippen molar-refractivity contribution in [1.82, 2.24) is 5.32 Å². The number of nitrogens with one attached hydrogen (secondary N) is 1. The third-order valence-corrected chi connectivity index (χ3v) is 1.55. The van der Waals surface area contributed by atoms with Gasteiger partial charge < -0.3 is 10.1 Å². The molecule has 52 valence electrons. The van der Waals surface area contributed by atoms with E-state index in [0.29, 0.717) is 19.1 Å². The number of esters is 1. The number of cyclic esters (lactones) is 1. The zero-order valence-electron chi connectivity index (χ0n) is 5.52. The van der Waals surface area contributed by atoms with Crippen molar-refractivity contribution in [3.8, 4) is 0 Å². The van der Waals surface area contributed by atoms with Gasteiger partial charge in [0.2, 0.25) is 0 Å². The Morgan fingerprint density at radius 3 is 3.00 bits per heavy atom. The maximum absolute atomic E-state index is 10.5. The van der Waals surface area contributed by atoms with Crippen LogP contribution in [0.15, 0.2) is 0 Å². The van der Waals surface area contributed by atoms with Gasteiger partial charge in [-0.1, -0.05) is 0 Å². The van der Waals surface area contributed by atoms with Gasteiger partial charge in [0.1, 0.15) is 6.61 Å². The van der Waals surface area contributed by atoms with E-state index in [0.717, 1.165) is 6.42 Å². The third-order valence-electron chi connectivity index (χ3n) is 1.55. The molecule has 1 heterocycles. The van der Waals surface area contributed by atoms with E-state index < -0.39 is 0 Å². The summed E-state index contributed by atoms with van der Waals surface area (Å²) in [5.74, 6) is -0.0681. The summed E-state index contributed by atoms with van der Waals surface area (Å²) >= 11 is 0. The minimum Gasteiger partial charge on any atom is -0.464 e. The molecular weight excluding hydrogens is 118 g/mol. The first-order valence-electron chi connectivity index (χ1n) is 3.16. The molecule has 3 heteroatoms. The summed E-state index contributed by atoms with van der Waals surface area (Å²) in [6, 6.07) is 0.377. The molecule has 0 radical (unpaired) electrons. The lowest BCUT2D eigenvalue weighted by atomic mass is 10.1. The maximum Gasteiger partial charge on any atom is 0.305 e. The highest BCUT2D eigenvalue weighted by Gasteiger charge is 2.17. The molecule has 0 aromatic heterocycles. The molecule has 0 spiro atoms. The Morgan fingerprint density at radius 1 is 1.78 bits per heavy atom. The second-order valence-corrected chi connectivity index (χ2v) is 2.21. The molecule has 1 rings (SSSR count). The van der Waals surface area contributed by atoms with Gasteiger partial charge in [0.25, 0.3) is 0 Å². The number of carbonyl (C=O) groups is 1. The van der Waals surface area contributed by atoms with Gasteiger partial charge in [0, 0.05) is 12.5 Å². The van der Waals surface area contributed by atoms with Gasteiger partial charge in [-0.2, -0.15) is 0 Å². The number of carbonyl (C=O) groups excluding carboxylic acids is 1. The summed E-state index contributed by atoms with van der Waals surface area (Å²) in [6.07, 6.45) is 1.47. The van der Waals surface area contributed by atoms with Crippen molar-refractivity contribution in [2.24, 2.45) is 0 Å². The third kappa shape index (κ3) is 1.68. The normalized spacial score (nSPS) is 27.7. The van der Waals surface area contributed by atoms with Crippen LogP contribution in [0.2, 0.25) is 0 Å². The van der Waals surface area contributed by atoms with Crippen LogP contribution in [0.3, 0.4) is 0 Å². The minimum absolute atomic E-state index is 0.0681. The largest absolute Gasteiger partial charge is 0.464 e. The highest BCUT2D eigenvalue weighted by atomic mass is 16.5. The Labute approximate surface area is 54.4 Å². The van der Waals surface area contributed by atoms with Crippen molar-refractivity contribution < 1.29 is 9.53 Å². The quantitative estimate of drug-likeness (QED) is 0.503. The van der Waals surface area contributed by atoms with Crippen LogP contribution >= 0.6 is 0 Å². The Balaban J connectivity index is 2.26. The SMILES string of the molecule is CNC1CCC(=O)OC1. The smallest absolute Gasteiger partial charge is 0.305 e. The molecule has 1 aliphatic heterocycles. The first-order valence-corrected chi connectivity index (χ1v) is 3.16. The second-order valence-electron chi connectivity index (χ2n) is 2.21. The molecule has 0 aromatic rings. The fourth-order valence-electron chi connectivity index (χ4n) is 0.869. The van der Waals surface area contributed by atoms with Crippen LogP contribution in [0.25, 0.3) is 0 Å². The summed E-state index contributed by atoms with van der Waals surface area (Å²) in [6.45, 7) is 0.537. The zero-order valence-corrected chi connectivity index (χ0v) is 5.52. The topological polar surface area (TPSA) is 38.3 Å². The van der Waals surface area contributed by atoms with E-state index in [9.17, 15) is 4.79 Å². The van der Waals surface area contributed by atoms with Gasteiger partial charge in [-0.15, -0.1) is 0 Å². The number of hydrogen-bond acceptors (Lipinski definition) is 3. The van der Waals surface area contributed by atoms with Crippen LogP contribution < -0.4 is 5.32 Å². The van der Waals surface area contributed by atoms with Crippen molar-refractivity contribution in [1.29, 1.82) is 0 Å². The molecule has 1 aliphatic rings. The van der Waals surface area contributed by atoms with Crippen molar-refractivity contribution in [2.45, 2.75) is 18.9 Å². The van der Waals surface area contributed by atoms with Crippen molar-refractivity contribution in [3.05, 3.63) is 0 Å². The lowest BCUT2D eigenvalue weighted by Crippen LogP contribution is -2.35.